The number of aromatic nitrogens is 1. The summed E-state index contributed by atoms with van der Waals surface area (Å²) in [4.78, 5) is 14.4. The van der Waals surface area contributed by atoms with Gasteiger partial charge in [-0.1, -0.05) is 11.6 Å². The first-order valence-corrected chi connectivity index (χ1v) is 11.7. The lowest BCUT2D eigenvalue weighted by Crippen LogP contribution is -2.41. The fraction of sp³-hybridized carbons (Fsp3) is 0.500. The first kappa shape index (κ1) is 22.4. The smallest absolute Gasteiger partial charge is 0.273 e. The van der Waals surface area contributed by atoms with E-state index in [1.54, 1.807) is 12.1 Å². The van der Waals surface area contributed by atoms with Crippen molar-refractivity contribution in [1.29, 1.82) is 0 Å². The lowest BCUT2D eigenvalue weighted by molar-refractivity contribution is 0.0944. The van der Waals surface area contributed by atoms with Crippen molar-refractivity contribution in [1.82, 2.24) is 15.4 Å². The molecule has 1 amide bonds. The zero-order chi connectivity index (χ0) is 21.6. The third-order valence-electron chi connectivity index (χ3n) is 5.31. The topological polar surface area (TPSA) is 119 Å². The zero-order valence-corrected chi connectivity index (χ0v) is 17.5. The number of rotatable bonds is 9. The van der Waals surface area contributed by atoms with Gasteiger partial charge >= 0.3 is 0 Å². The number of amides is 1. The number of carbonyl (C=O) groups excluding carboxylic acids is 1. The number of benzene rings is 1. The van der Waals surface area contributed by atoms with Crippen LogP contribution in [0.4, 0.5) is 4.39 Å². The van der Waals surface area contributed by atoms with E-state index in [9.17, 15) is 17.6 Å². The average molecular weight is 439 g/mol. The summed E-state index contributed by atoms with van der Waals surface area (Å²) >= 11 is 0. The van der Waals surface area contributed by atoms with Crippen molar-refractivity contribution in [3.63, 3.8) is 0 Å². The molecule has 2 aromatic rings. The van der Waals surface area contributed by atoms with Crippen LogP contribution in [-0.4, -0.2) is 55.8 Å². The molecule has 10 heteroatoms. The Kier molecular flexibility index (Phi) is 7.57. The highest BCUT2D eigenvalue weighted by Gasteiger charge is 2.26. The Bertz CT molecular complexity index is 938. The number of nitrogens with one attached hydrogen (secondary N) is 1. The molecule has 1 aromatic heterocycles. The molecule has 0 spiro atoms. The molecule has 1 saturated heterocycles. The van der Waals surface area contributed by atoms with Crippen LogP contribution in [0.3, 0.4) is 0 Å². The lowest BCUT2D eigenvalue weighted by Gasteiger charge is -2.30. The number of nitrogens with two attached hydrogens (primary N) is 1. The van der Waals surface area contributed by atoms with E-state index in [0.717, 1.165) is 38.9 Å². The number of primary sulfonamides is 1. The second-order valence-corrected chi connectivity index (χ2v) is 9.37. The van der Waals surface area contributed by atoms with Crippen LogP contribution < -0.4 is 10.5 Å². The molecule has 0 bridgehead atoms. The van der Waals surface area contributed by atoms with Crippen molar-refractivity contribution in [3.8, 4) is 11.3 Å². The number of hydrogen-bond acceptors (Lipinski definition) is 6. The van der Waals surface area contributed by atoms with Crippen LogP contribution in [0.15, 0.2) is 34.9 Å². The number of unbranched alkanes of at least 4 members (excludes halogenated alkanes) is 2. The van der Waals surface area contributed by atoms with Crippen LogP contribution >= 0.6 is 0 Å². The van der Waals surface area contributed by atoms with Crippen molar-refractivity contribution in [3.05, 3.63) is 41.8 Å². The molecule has 3 rings (SSSR count). The second kappa shape index (κ2) is 10.1. The van der Waals surface area contributed by atoms with Crippen LogP contribution in [0, 0.1) is 5.82 Å². The largest absolute Gasteiger partial charge is 0.355 e. The molecule has 0 atom stereocenters. The maximum absolute atomic E-state index is 13.0. The lowest BCUT2D eigenvalue weighted by atomic mass is 10.1. The molecule has 8 nitrogen and oxygen atoms in total. The number of halogens is 1. The van der Waals surface area contributed by atoms with Gasteiger partial charge in [-0.05, 0) is 69.6 Å². The maximum Gasteiger partial charge on any atom is 0.273 e. The summed E-state index contributed by atoms with van der Waals surface area (Å²) in [7, 11) is -3.42. The summed E-state index contributed by atoms with van der Waals surface area (Å²) in [5.41, 5.74) is 0.836. The van der Waals surface area contributed by atoms with Gasteiger partial charge in [0, 0.05) is 18.2 Å². The highest BCUT2D eigenvalue weighted by Crippen LogP contribution is 2.20. The summed E-state index contributed by atoms with van der Waals surface area (Å²) in [6.07, 6.45) is 3.95. The Morgan fingerprint density at radius 3 is 2.57 bits per heavy atom. The first-order valence-electron chi connectivity index (χ1n) is 10.1. The Balaban J connectivity index is 1.31. The summed E-state index contributed by atoms with van der Waals surface area (Å²) in [5, 5.41) is 11.4. The first-order chi connectivity index (χ1) is 14.3. The molecule has 1 aliphatic rings. The van der Waals surface area contributed by atoms with Gasteiger partial charge in [-0.25, -0.2) is 17.9 Å². The molecule has 3 N–H and O–H groups in total. The molecule has 0 saturated carbocycles. The minimum atomic E-state index is -3.42. The van der Waals surface area contributed by atoms with E-state index in [4.69, 9.17) is 9.66 Å². The van der Waals surface area contributed by atoms with Gasteiger partial charge in [0.25, 0.3) is 5.91 Å². The van der Waals surface area contributed by atoms with E-state index < -0.39 is 15.3 Å². The van der Waals surface area contributed by atoms with Gasteiger partial charge in [-0.2, -0.15) is 0 Å². The van der Waals surface area contributed by atoms with Gasteiger partial charge in [-0.3, -0.25) is 4.79 Å². The average Bonchev–Trinajstić information content (AvgIpc) is 3.21. The molecule has 164 valence electrons. The Labute approximate surface area is 175 Å². The normalized spacial score (nSPS) is 15.9. The van der Waals surface area contributed by atoms with Crippen LogP contribution in [0.5, 0.6) is 0 Å². The summed E-state index contributed by atoms with van der Waals surface area (Å²) < 4.78 is 40.9. The maximum atomic E-state index is 13.0. The molecule has 1 fully saturated rings. The highest BCUT2D eigenvalue weighted by molar-refractivity contribution is 7.89. The number of piperidine rings is 1. The minimum absolute atomic E-state index is 0.187. The number of sulfonamides is 1. The molecule has 1 aromatic carbocycles. The van der Waals surface area contributed by atoms with E-state index in [2.05, 4.69) is 15.4 Å². The van der Waals surface area contributed by atoms with Gasteiger partial charge in [0.05, 0.1) is 5.25 Å². The van der Waals surface area contributed by atoms with Crippen molar-refractivity contribution in [2.75, 3.05) is 26.2 Å². The SMILES string of the molecule is NS(=O)(=O)C1CCN(CCCCCNC(=O)c2cc(-c3ccc(F)cc3)on2)CC1. The molecular formula is C20H27FN4O4S. The van der Waals surface area contributed by atoms with Gasteiger partial charge in [0.2, 0.25) is 10.0 Å². The molecule has 0 unspecified atom stereocenters. The fourth-order valence-corrected chi connectivity index (χ4v) is 4.39. The minimum Gasteiger partial charge on any atom is -0.355 e. The number of likely N-dealkylation sites (tertiary alicyclic amines) is 1. The van der Waals surface area contributed by atoms with E-state index in [-0.39, 0.29) is 17.4 Å². The number of nitrogens with zero attached hydrogens (tertiary/aromatic N) is 2. The Hall–Kier alpha value is -2.30. The van der Waals surface area contributed by atoms with Crippen LogP contribution in [0.2, 0.25) is 0 Å². The quantitative estimate of drug-likeness (QED) is 0.579. The molecule has 0 radical (unpaired) electrons. The van der Waals surface area contributed by atoms with Gasteiger partial charge in [0.15, 0.2) is 11.5 Å². The second-order valence-electron chi connectivity index (χ2n) is 7.53. The molecule has 0 aliphatic carbocycles. The van der Waals surface area contributed by atoms with Crippen molar-refractivity contribution >= 4 is 15.9 Å². The van der Waals surface area contributed by atoms with Crippen LogP contribution in [0.25, 0.3) is 11.3 Å². The van der Waals surface area contributed by atoms with Gasteiger partial charge in [0.1, 0.15) is 5.82 Å². The Morgan fingerprint density at radius 1 is 1.20 bits per heavy atom. The third-order valence-corrected chi connectivity index (χ3v) is 6.71. The number of hydrogen-bond donors (Lipinski definition) is 2. The van der Waals surface area contributed by atoms with Gasteiger partial charge in [-0.15, -0.1) is 0 Å². The standard InChI is InChI=1S/C20H27FN4O4S/c21-16-6-4-15(5-7-16)19-14-18(24-29-19)20(26)23-10-2-1-3-11-25-12-8-17(9-13-25)30(22,27)28/h4-7,14,17H,1-3,8-13H2,(H,23,26)(H2,22,27,28). The predicted octanol–water partition coefficient (Wildman–Crippen LogP) is 2.13. The van der Waals surface area contributed by atoms with Crippen molar-refractivity contribution < 1.29 is 22.1 Å². The molecule has 30 heavy (non-hydrogen) atoms. The van der Waals surface area contributed by atoms with Crippen LogP contribution in [-0.2, 0) is 10.0 Å². The molecule has 2 heterocycles. The Morgan fingerprint density at radius 2 is 1.90 bits per heavy atom. The monoisotopic (exact) mass is 438 g/mol. The van der Waals surface area contributed by atoms with Crippen molar-refractivity contribution in [2.24, 2.45) is 5.14 Å². The third kappa shape index (κ3) is 6.35. The van der Waals surface area contributed by atoms with Crippen LogP contribution in [0.1, 0.15) is 42.6 Å². The predicted molar refractivity (Wildman–Crippen MR) is 111 cm³/mol. The zero-order valence-electron chi connectivity index (χ0n) is 16.7. The number of carbonyl (C=O) groups is 1. The van der Waals surface area contributed by atoms with Crippen molar-refractivity contribution in [2.45, 2.75) is 37.4 Å². The fourth-order valence-electron chi connectivity index (χ4n) is 3.52. The summed E-state index contributed by atoms with van der Waals surface area (Å²) in [5.74, 6) is -0.243. The van der Waals surface area contributed by atoms with Gasteiger partial charge < -0.3 is 14.7 Å². The van der Waals surface area contributed by atoms with E-state index in [1.165, 1.54) is 18.2 Å². The highest BCUT2D eigenvalue weighted by atomic mass is 32.2. The van der Waals surface area contributed by atoms with E-state index >= 15 is 0 Å². The summed E-state index contributed by atoms with van der Waals surface area (Å²) in [6.45, 7) is 2.95. The van der Waals surface area contributed by atoms with E-state index in [1.807, 2.05) is 0 Å². The summed E-state index contributed by atoms with van der Waals surface area (Å²) in [6, 6.07) is 7.30. The molecular weight excluding hydrogens is 411 g/mol. The molecule has 1 aliphatic heterocycles. The van der Waals surface area contributed by atoms with E-state index in [0.29, 0.717) is 30.7 Å².